The number of aromatic nitrogens is 2. The van der Waals surface area contributed by atoms with E-state index in [2.05, 4.69) is 31.2 Å². The van der Waals surface area contributed by atoms with Gasteiger partial charge in [-0.3, -0.25) is 9.48 Å². The average Bonchev–Trinajstić information content (AvgIpc) is 2.90. The standard InChI is InChI=1S/C19H27N3O2/c1-7-24-15-10-8-14(9-11-15)13(2)20-18(23)16-12-17(19(3,4)5)21-22(16)6/h8-13H,7H2,1-6H3,(H,20,23). The van der Waals surface area contributed by atoms with E-state index >= 15 is 0 Å². The predicted octanol–water partition coefficient (Wildman–Crippen LogP) is 3.61. The quantitative estimate of drug-likeness (QED) is 0.912. The Morgan fingerprint density at radius 3 is 2.42 bits per heavy atom. The van der Waals surface area contributed by atoms with Gasteiger partial charge in [-0.25, -0.2) is 0 Å². The Morgan fingerprint density at radius 1 is 1.29 bits per heavy atom. The van der Waals surface area contributed by atoms with E-state index in [0.29, 0.717) is 12.3 Å². The van der Waals surface area contributed by atoms with Crippen LogP contribution >= 0.6 is 0 Å². The summed E-state index contributed by atoms with van der Waals surface area (Å²) in [5, 5.41) is 7.48. The molecule has 0 saturated heterocycles. The van der Waals surface area contributed by atoms with Crippen molar-refractivity contribution in [3.8, 4) is 5.75 Å². The van der Waals surface area contributed by atoms with Gasteiger partial charge in [0.1, 0.15) is 11.4 Å². The molecule has 2 aromatic rings. The molecule has 5 heteroatoms. The maximum atomic E-state index is 12.6. The molecule has 1 unspecified atom stereocenters. The Morgan fingerprint density at radius 2 is 1.92 bits per heavy atom. The van der Waals surface area contributed by atoms with Crippen molar-refractivity contribution < 1.29 is 9.53 Å². The zero-order valence-electron chi connectivity index (χ0n) is 15.4. The van der Waals surface area contributed by atoms with Gasteiger partial charge in [0, 0.05) is 12.5 Å². The summed E-state index contributed by atoms with van der Waals surface area (Å²) in [4.78, 5) is 12.6. The topological polar surface area (TPSA) is 56.1 Å². The smallest absolute Gasteiger partial charge is 0.270 e. The Balaban J connectivity index is 2.10. The number of nitrogens with zero attached hydrogens (tertiary/aromatic N) is 2. The number of amides is 1. The van der Waals surface area contributed by atoms with Crippen molar-refractivity contribution in [2.24, 2.45) is 7.05 Å². The molecular formula is C19H27N3O2. The summed E-state index contributed by atoms with van der Waals surface area (Å²) in [5.74, 6) is 0.711. The van der Waals surface area contributed by atoms with Crippen molar-refractivity contribution in [1.29, 1.82) is 0 Å². The van der Waals surface area contributed by atoms with Crippen LogP contribution in [0, 0.1) is 0 Å². The minimum absolute atomic E-state index is 0.0863. The van der Waals surface area contributed by atoms with Crippen LogP contribution in [0.5, 0.6) is 5.75 Å². The molecule has 0 fully saturated rings. The third-order valence-corrected chi connectivity index (χ3v) is 3.92. The van der Waals surface area contributed by atoms with Gasteiger partial charge in [0.25, 0.3) is 5.91 Å². The number of hydrogen-bond donors (Lipinski definition) is 1. The molecule has 130 valence electrons. The number of benzene rings is 1. The van der Waals surface area contributed by atoms with Crippen molar-refractivity contribution in [3.63, 3.8) is 0 Å². The highest BCUT2D eigenvalue weighted by atomic mass is 16.5. The molecule has 5 nitrogen and oxygen atoms in total. The van der Waals surface area contributed by atoms with E-state index in [-0.39, 0.29) is 17.4 Å². The largest absolute Gasteiger partial charge is 0.494 e. The SMILES string of the molecule is CCOc1ccc(C(C)NC(=O)c2cc(C(C)(C)C)nn2C)cc1. The fourth-order valence-electron chi connectivity index (χ4n) is 2.42. The molecule has 1 amide bonds. The summed E-state index contributed by atoms with van der Waals surface area (Å²) in [6.45, 7) is 10.8. The van der Waals surface area contributed by atoms with Gasteiger partial charge in [0.05, 0.1) is 18.3 Å². The van der Waals surface area contributed by atoms with Crippen LogP contribution in [-0.4, -0.2) is 22.3 Å². The Kier molecular flexibility index (Phi) is 5.32. The second-order valence-electron chi connectivity index (χ2n) is 6.99. The summed E-state index contributed by atoms with van der Waals surface area (Å²) in [6.07, 6.45) is 0. The monoisotopic (exact) mass is 329 g/mol. The second-order valence-corrected chi connectivity index (χ2v) is 6.99. The first-order valence-corrected chi connectivity index (χ1v) is 8.30. The maximum absolute atomic E-state index is 12.6. The Labute approximate surface area is 144 Å². The summed E-state index contributed by atoms with van der Waals surface area (Å²) in [5.41, 5.74) is 2.42. The van der Waals surface area contributed by atoms with Gasteiger partial charge in [-0.1, -0.05) is 32.9 Å². The number of rotatable bonds is 5. The first-order chi connectivity index (χ1) is 11.2. The Bertz CT molecular complexity index is 696. The van der Waals surface area contributed by atoms with Crippen LogP contribution in [0.1, 0.15) is 62.4 Å². The first-order valence-electron chi connectivity index (χ1n) is 8.30. The molecule has 1 aromatic carbocycles. The average molecular weight is 329 g/mol. The second kappa shape index (κ2) is 7.07. The fourth-order valence-corrected chi connectivity index (χ4v) is 2.42. The molecule has 1 atom stereocenters. The summed E-state index contributed by atoms with van der Waals surface area (Å²) >= 11 is 0. The molecule has 0 spiro atoms. The highest BCUT2D eigenvalue weighted by molar-refractivity contribution is 5.93. The molecule has 0 bridgehead atoms. The minimum Gasteiger partial charge on any atom is -0.494 e. The van der Waals surface area contributed by atoms with E-state index in [1.54, 1.807) is 11.7 Å². The van der Waals surface area contributed by atoms with E-state index in [0.717, 1.165) is 17.0 Å². The van der Waals surface area contributed by atoms with Crippen molar-refractivity contribution in [3.05, 3.63) is 47.3 Å². The van der Waals surface area contributed by atoms with Crippen LogP contribution in [0.25, 0.3) is 0 Å². The number of carbonyl (C=O) groups is 1. The van der Waals surface area contributed by atoms with Crippen molar-refractivity contribution in [2.75, 3.05) is 6.61 Å². The molecule has 0 radical (unpaired) electrons. The van der Waals surface area contributed by atoms with Gasteiger partial charge in [0.15, 0.2) is 0 Å². The molecule has 0 aliphatic heterocycles. The molecule has 1 heterocycles. The summed E-state index contributed by atoms with van der Waals surface area (Å²) in [7, 11) is 1.80. The first kappa shape index (κ1) is 18.0. The number of ether oxygens (including phenoxy) is 1. The van der Waals surface area contributed by atoms with Crippen molar-refractivity contribution in [1.82, 2.24) is 15.1 Å². The highest BCUT2D eigenvalue weighted by Gasteiger charge is 2.22. The Hall–Kier alpha value is -2.30. The molecule has 0 saturated carbocycles. The van der Waals surface area contributed by atoms with Gasteiger partial charge in [-0.2, -0.15) is 5.10 Å². The number of hydrogen-bond acceptors (Lipinski definition) is 3. The molecule has 24 heavy (non-hydrogen) atoms. The molecule has 0 aliphatic carbocycles. The molecule has 2 rings (SSSR count). The van der Waals surface area contributed by atoms with Crippen LogP contribution in [0.4, 0.5) is 0 Å². The molecule has 1 aromatic heterocycles. The van der Waals surface area contributed by atoms with Gasteiger partial charge in [-0.05, 0) is 37.6 Å². The summed E-state index contributed by atoms with van der Waals surface area (Å²) < 4.78 is 7.08. The van der Waals surface area contributed by atoms with Crippen LogP contribution in [-0.2, 0) is 12.5 Å². The van der Waals surface area contributed by atoms with E-state index in [1.165, 1.54) is 0 Å². The molecule has 1 N–H and O–H groups in total. The fraction of sp³-hybridized carbons (Fsp3) is 0.474. The van der Waals surface area contributed by atoms with E-state index in [4.69, 9.17) is 4.74 Å². The van der Waals surface area contributed by atoms with Crippen LogP contribution < -0.4 is 10.1 Å². The zero-order valence-corrected chi connectivity index (χ0v) is 15.4. The van der Waals surface area contributed by atoms with E-state index < -0.39 is 0 Å². The zero-order chi connectivity index (χ0) is 17.9. The highest BCUT2D eigenvalue weighted by Crippen LogP contribution is 2.22. The molecule has 0 aliphatic rings. The van der Waals surface area contributed by atoms with Gasteiger partial charge >= 0.3 is 0 Å². The summed E-state index contributed by atoms with van der Waals surface area (Å²) in [6, 6.07) is 9.55. The van der Waals surface area contributed by atoms with Crippen LogP contribution in [0.3, 0.4) is 0 Å². The predicted molar refractivity (Wildman–Crippen MR) is 95.4 cm³/mol. The minimum atomic E-state index is -0.123. The van der Waals surface area contributed by atoms with Crippen LogP contribution in [0.15, 0.2) is 30.3 Å². The third-order valence-electron chi connectivity index (χ3n) is 3.92. The van der Waals surface area contributed by atoms with Gasteiger partial charge in [-0.15, -0.1) is 0 Å². The van der Waals surface area contributed by atoms with Gasteiger partial charge < -0.3 is 10.1 Å². The van der Waals surface area contributed by atoms with Crippen molar-refractivity contribution in [2.45, 2.75) is 46.1 Å². The molecular weight excluding hydrogens is 302 g/mol. The maximum Gasteiger partial charge on any atom is 0.270 e. The normalized spacial score (nSPS) is 12.8. The lowest BCUT2D eigenvalue weighted by Crippen LogP contribution is -2.28. The van der Waals surface area contributed by atoms with E-state index in [9.17, 15) is 4.79 Å². The lowest BCUT2D eigenvalue weighted by atomic mass is 9.92. The van der Waals surface area contributed by atoms with E-state index in [1.807, 2.05) is 44.2 Å². The van der Waals surface area contributed by atoms with Crippen molar-refractivity contribution >= 4 is 5.91 Å². The third kappa shape index (κ3) is 4.16. The lowest BCUT2D eigenvalue weighted by molar-refractivity contribution is 0.0930. The number of carbonyl (C=O) groups excluding carboxylic acids is 1. The lowest BCUT2D eigenvalue weighted by Gasteiger charge is -2.15. The number of nitrogens with one attached hydrogen (secondary N) is 1. The number of aryl methyl sites for hydroxylation is 1. The van der Waals surface area contributed by atoms with Gasteiger partial charge in [0.2, 0.25) is 0 Å². The van der Waals surface area contributed by atoms with Crippen LogP contribution in [0.2, 0.25) is 0 Å².